The number of carbonyl (C=O) groups is 5. The van der Waals surface area contributed by atoms with Crippen LogP contribution in [0.2, 0.25) is 0 Å². The molecule has 5 rings (SSSR count). The Labute approximate surface area is 207 Å². The minimum Gasteiger partial charge on any atom is -0.491 e. The van der Waals surface area contributed by atoms with Crippen molar-refractivity contribution in [3.8, 4) is 5.75 Å². The molecule has 0 radical (unpaired) electrons. The molecule has 1 fully saturated rings. The van der Waals surface area contributed by atoms with E-state index < -0.39 is 41.6 Å². The van der Waals surface area contributed by atoms with E-state index in [1.54, 1.807) is 31.2 Å². The highest BCUT2D eigenvalue weighted by Crippen LogP contribution is 2.56. The van der Waals surface area contributed by atoms with E-state index in [1.165, 1.54) is 6.08 Å². The number of carbonyl (C=O) groups excluding carboxylic acids is 5. The lowest BCUT2D eigenvalue weighted by molar-refractivity contribution is -0.137. The summed E-state index contributed by atoms with van der Waals surface area (Å²) < 4.78 is 10.4. The number of ether oxygens (including phenoxy) is 2. The third kappa shape index (κ3) is 3.45. The van der Waals surface area contributed by atoms with Gasteiger partial charge in [-0.2, -0.15) is 4.90 Å². The van der Waals surface area contributed by atoms with Crippen LogP contribution in [-0.2, 0) is 23.9 Å². The van der Waals surface area contributed by atoms with Crippen molar-refractivity contribution in [3.05, 3.63) is 64.3 Å². The number of para-hydroxylation sites is 1. The molecule has 9 heteroatoms. The van der Waals surface area contributed by atoms with Gasteiger partial charge in [0.2, 0.25) is 11.8 Å². The van der Waals surface area contributed by atoms with E-state index in [-0.39, 0.29) is 37.6 Å². The van der Waals surface area contributed by atoms with Gasteiger partial charge < -0.3 is 14.6 Å². The molecule has 1 saturated heterocycles. The molecule has 1 aromatic carbocycles. The molecule has 0 saturated carbocycles. The predicted octanol–water partition coefficient (Wildman–Crippen LogP) is 2.25. The first kappa shape index (κ1) is 23.9. The zero-order chi connectivity index (χ0) is 25.7. The average Bonchev–Trinajstić information content (AvgIpc) is 3.14. The Kier molecular flexibility index (Phi) is 5.96. The summed E-state index contributed by atoms with van der Waals surface area (Å²) in [5.41, 5.74) is 2.37. The second-order valence-corrected chi connectivity index (χ2v) is 9.32. The number of likely N-dealkylation sites (tertiary alicyclic amines) is 1. The lowest BCUT2D eigenvalue weighted by Gasteiger charge is -2.42. The number of hydrogen-bond acceptors (Lipinski definition) is 8. The lowest BCUT2D eigenvalue weighted by Crippen LogP contribution is -2.40. The largest absolute Gasteiger partial charge is 0.491 e. The van der Waals surface area contributed by atoms with Gasteiger partial charge in [-0.25, -0.2) is 4.79 Å². The number of benzene rings is 1. The van der Waals surface area contributed by atoms with E-state index in [2.05, 4.69) is 4.74 Å². The van der Waals surface area contributed by atoms with E-state index >= 15 is 0 Å². The summed E-state index contributed by atoms with van der Waals surface area (Å²) in [5, 5.41) is 9.30. The number of hydrogen-bond donors (Lipinski definition) is 1. The Morgan fingerprint density at radius 3 is 2.58 bits per heavy atom. The van der Waals surface area contributed by atoms with Crippen molar-refractivity contribution in [2.24, 2.45) is 17.8 Å². The molecule has 0 bridgehead atoms. The highest BCUT2D eigenvalue weighted by Gasteiger charge is 2.58. The van der Waals surface area contributed by atoms with Gasteiger partial charge >= 0.3 is 6.09 Å². The summed E-state index contributed by atoms with van der Waals surface area (Å²) in [5.74, 6) is -4.21. The summed E-state index contributed by atoms with van der Waals surface area (Å²) in [6, 6.07) is 7.08. The maximum Gasteiger partial charge on any atom is 0.423 e. The van der Waals surface area contributed by atoms with Crippen LogP contribution >= 0.6 is 0 Å². The standard InChI is InChI=1S/C27H25NO8/c1-13-11-19(30)18-12-17-14(7-8-16-22(17)26(33)28(25(16)32)27(34)35-2)21(23(18)24(13)31)15-5-3-4-6-20(15)36-10-9-29/h3-7,11,16-17,21-22,29H,8-10,12H2,1-2H3. The number of imide groups is 3. The van der Waals surface area contributed by atoms with Crippen LogP contribution in [0, 0.1) is 17.8 Å². The Balaban J connectivity index is 1.68. The number of rotatable bonds is 4. The molecule has 9 nitrogen and oxygen atoms in total. The number of aliphatic hydroxyl groups is 1. The van der Waals surface area contributed by atoms with Crippen LogP contribution in [0.1, 0.15) is 31.2 Å². The molecular formula is C27H25NO8. The molecule has 3 aliphatic carbocycles. The number of nitrogens with zero attached hydrogens (tertiary/aromatic N) is 1. The van der Waals surface area contributed by atoms with Gasteiger partial charge in [0.1, 0.15) is 12.4 Å². The number of allylic oxidation sites excluding steroid dienone is 6. The van der Waals surface area contributed by atoms with Crippen molar-refractivity contribution in [2.45, 2.75) is 25.7 Å². The lowest BCUT2D eigenvalue weighted by atomic mass is 9.59. The molecule has 3 amide bonds. The van der Waals surface area contributed by atoms with Crippen LogP contribution in [0.15, 0.2) is 58.7 Å². The molecule has 4 unspecified atom stereocenters. The van der Waals surface area contributed by atoms with Crippen molar-refractivity contribution in [3.63, 3.8) is 0 Å². The molecule has 4 atom stereocenters. The zero-order valence-electron chi connectivity index (χ0n) is 19.9. The minimum absolute atomic E-state index is 0.0374. The maximum atomic E-state index is 13.4. The van der Waals surface area contributed by atoms with Gasteiger partial charge in [-0.3, -0.25) is 19.2 Å². The summed E-state index contributed by atoms with van der Waals surface area (Å²) in [6.45, 7) is 1.43. The van der Waals surface area contributed by atoms with Gasteiger partial charge in [-0.1, -0.05) is 29.8 Å². The highest BCUT2D eigenvalue weighted by molar-refractivity contribution is 6.24. The van der Waals surface area contributed by atoms with Crippen molar-refractivity contribution in [2.75, 3.05) is 20.3 Å². The van der Waals surface area contributed by atoms with Crippen LogP contribution in [0.3, 0.4) is 0 Å². The molecule has 0 aromatic heterocycles. The van der Waals surface area contributed by atoms with Crippen LogP contribution in [-0.4, -0.2) is 59.8 Å². The fourth-order valence-corrected chi connectivity index (χ4v) is 5.99. The first-order valence-corrected chi connectivity index (χ1v) is 11.8. The Morgan fingerprint density at radius 2 is 1.86 bits per heavy atom. The van der Waals surface area contributed by atoms with E-state index in [0.717, 1.165) is 12.7 Å². The van der Waals surface area contributed by atoms with Gasteiger partial charge in [0.25, 0.3) is 0 Å². The third-order valence-electron chi connectivity index (χ3n) is 7.50. The average molecular weight is 491 g/mol. The second kappa shape index (κ2) is 8.98. The van der Waals surface area contributed by atoms with Crippen molar-refractivity contribution in [1.29, 1.82) is 0 Å². The predicted molar refractivity (Wildman–Crippen MR) is 125 cm³/mol. The Morgan fingerprint density at radius 1 is 1.11 bits per heavy atom. The Bertz CT molecular complexity index is 1300. The van der Waals surface area contributed by atoms with Crippen LogP contribution in [0.4, 0.5) is 4.79 Å². The van der Waals surface area contributed by atoms with E-state index in [1.807, 2.05) is 6.08 Å². The van der Waals surface area contributed by atoms with Crippen LogP contribution < -0.4 is 4.74 Å². The summed E-state index contributed by atoms with van der Waals surface area (Å²) in [6.07, 6.45) is 2.47. The number of fused-ring (bicyclic) bond motifs is 3. The minimum atomic E-state index is -1.03. The summed E-state index contributed by atoms with van der Waals surface area (Å²) in [4.78, 5) is 65.7. The second-order valence-electron chi connectivity index (χ2n) is 9.32. The van der Waals surface area contributed by atoms with Crippen molar-refractivity contribution >= 4 is 29.5 Å². The number of ketones is 2. The van der Waals surface area contributed by atoms with Crippen molar-refractivity contribution in [1.82, 2.24) is 4.90 Å². The summed E-state index contributed by atoms with van der Waals surface area (Å²) >= 11 is 0. The molecular weight excluding hydrogens is 466 g/mol. The molecule has 4 aliphatic rings. The Hall–Kier alpha value is -3.85. The first-order chi connectivity index (χ1) is 17.3. The van der Waals surface area contributed by atoms with Gasteiger partial charge in [0.15, 0.2) is 11.6 Å². The molecule has 1 heterocycles. The van der Waals surface area contributed by atoms with E-state index in [0.29, 0.717) is 32.9 Å². The van der Waals surface area contributed by atoms with Gasteiger partial charge in [0, 0.05) is 28.2 Å². The van der Waals surface area contributed by atoms with E-state index in [4.69, 9.17) is 4.74 Å². The maximum absolute atomic E-state index is 13.4. The monoisotopic (exact) mass is 491 g/mol. The zero-order valence-corrected chi connectivity index (χ0v) is 19.9. The molecule has 186 valence electrons. The quantitative estimate of drug-likeness (QED) is 0.386. The molecule has 0 spiro atoms. The smallest absolute Gasteiger partial charge is 0.423 e. The van der Waals surface area contributed by atoms with Gasteiger partial charge in [-0.15, -0.1) is 0 Å². The van der Waals surface area contributed by atoms with Gasteiger partial charge in [0.05, 0.1) is 25.6 Å². The molecule has 1 aromatic rings. The molecule has 1 N–H and O–H groups in total. The fraction of sp³-hybridized carbons (Fsp3) is 0.370. The third-order valence-corrected chi connectivity index (χ3v) is 7.50. The fourth-order valence-electron chi connectivity index (χ4n) is 5.99. The number of methoxy groups -OCH3 is 1. The first-order valence-electron chi connectivity index (χ1n) is 11.8. The number of aliphatic hydroxyl groups excluding tert-OH is 1. The normalized spacial score (nSPS) is 27.2. The highest BCUT2D eigenvalue weighted by atomic mass is 16.5. The van der Waals surface area contributed by atoms with Crippen LogP contribution in [0.25, 0.3) is 0 Å². The number of amides is 3. The molecule has 1 aliphatic heterocycles. The van der Waals surface area contributed by atoms with Crippen LogP contribution in [0.5, 0.6) is 5.75 Å². The van der Waals surface area contributed by atoms with Crippen molar-refractivity contribution < 1.29 is 38.6 Å². The molecule has 36 heavy (non-hydrogen) atoms. The summed E-state index contributed by atoms with van der Waals surface area (Å²) in [7, 11) is 1.10. The topological polar surface area (TPSA) is 127 Å². The van der Waals surface area contributed by atoms with E-state index in [9.17, 15) is 29.1 Å². The van der Waals surface area contributed by atoms with Gasteiger partial charge in [-0.05, 0) is 37.8 Å². The number of Topliss-reactive ketones (excluding diaryl/α,β-unsaturated/α-hetero) is 1. The SMILES string of the molecule is COC(=O)N1C(=O)C2CC=C3C(c4ccccc4OCCO)C4=C(CC3C2C1=O)C(=O)C=C(C)C4=O.